The molecule has 222 valence electrons. The van der Waals surface area contributed by atoms with E-state index in [1.165, 1.54) is 11.3 Å². The molecule has 1 aromatic heterocycles. The third-order valence-corrected chi connectivity index (χ3v) is 7.75. The summed E-state index contributed by atoms with van der Waals surface area (Å²) in [5.74, 6) is -0.402. The van der Waals surface area contributed by atoms with Crippen LogP contribution in [0.4, 0.5) is 4.79 Å². The van der Waals surface area contributed by atoms with Gasteiger partial charge < -0.3 is 15.4 Å². The van der Waals surface area contributed by atoms with Gasteiger partial charge in [-0.25, -0.2) is 18.7 Å². The normalized spacial score (nSPS) is 17.0. The van der Waals surface area contributed by atoms with E-state index in [0.717, 1.165) is 21.7 Å². The van der Waals surface area contributed by atoms with Crippen LogP contribution in [0, 0.1) is 0 Å². The van der Waals surface area contributed by atoms with Crippen LogP contribution in [-0.4, -0.2) is 43.6 Å². The van der Waals surface area contributed by atoms with Crippen LogP contribution < -0.4 is 21.1 Å². The molecule has 2 aromatic carbocycles. The Morgan fingerprint density at radius 2 is 1.81 bits per heavy atom. The molecule has 0 saturated heterocycles. The van der Waals surface area contributed by atoms with Crippen molar-refractivity contribution in [2.45, 2.75) is 57.0 Å². The van der Waals surface area contributed by atoms with Crippen molar-refractivity contribution >= 4 is 34.6 Å². The molecule has 0 bridgehead atoms. The molecule has 0 fully saturated rings. The van der Waals surface area contributed by atoms with Crippen molar-refractivity contribution in [1.82, 2.24) is 20.3 Å². The van der Waals surface area contributed by atoms with Crippen LogP contribution in [0.5, 0.6) is 0 Å². The molecule has 1 aliphatic carbocycles. The summed E-state index contributed by atoms with van der Waals surface area (Å²) in [7, 11) is 0. The Kier molecular flexibility index (Phi) is 10.8. The van der Waals surface area contributed by atoms with E-state index in [2.05, 4.69) is 15.4 Å². The van der Waals surface area contributed by atoms with Crippen LogP contribution in [0.3, 0.4) is 0 Å². The Balaban J connectivity index is 1.57. The van der Waals surface area contributed by atoms with Gasteiger partial charge in [-0.1, -0.05) is 78.9 Å². The minimum Gasteiger partial charge on any atom is -0.429 e. The zero-order valence-electron chi connectivity index (χ0n) is 23.4. The summed E-state index contributed by atoms with van der Waals surface area (Å²) in [4.78, 5) is 31.3. The lowest BCUT2D eigenvalue weighted by Gasteiger charge is -2.26. The average Bonchev–Trinajstić information content (AvgIpc) is 3.44. The van der Waals surface area contributed by atoms with Crippen molar-refractivity contribution < 1.29 is 23.1 Å². The van der Waals surface area contributed by atoms with Crippen LogP contribution in [-0.2, 0) is 27.2 Å². The fourth-order valence-electron chi connectivity index (χ4n) is 4.40. The molecule has 42 heavy (non-hydrogen) atoms. The molecule has 0 radical (unpaired) electrons. The lowest BCUT2D eigenvalue weighted by Crippen LogP contribution is -2.51. The SMILES string of the molecule is CC(C)(N)OC(=O)N[C@@H](Cc1ccccc1)C(=O)N[C@@H](CC1=CCC(NS(=O)O)C=C1)c1csc(-c2ccccc2)n1. The van der Waals surface area contributed by atoms with Gasteiger partial charge >= 0.3 is 6.09 Å². The smallest absolute Gasteiger partial charge is 0.409 e. The Bertz CT molecular complexity index is 1440. The van der Waals surface area contributed by atoms with E-state index in [1.54, 1.807) is 13.8 Å². The monoisotopic (exact) mass is 609 g/mol. The van der Waals surface area contributed by atoms with Crippen LogP contribution >= 0.6 is 11.3 Å². The predicted molar refractivity (Wildman–Crippen MR) is 164 cm³/mol. The second-order valence-corrected chi connectivity index (χ2v) is 12.0. The number of allylic oxidation sites excluding steroid dienone is 1. The molecule has 1 aliphatic rings. The number of carbonyl (C=O) groups is 2. The van der Waals surface area contributed by atoms with Crippen LogP contribution in [0.15, 0.2) is 89.8 Å². The number of ether oxygens (including phenoxy) is 1. The first-order valence-corrected chi connectivity index (χ1v) is 15.4. The third-order valence-electron chi connectivity index (χ3n) is 6.33. The quantitative estimate of drug-likeness (QED) is 0.151. The third kappa shape index (κ3) is 9.71. The Labute approximate surface area is 251 Å². The van der Waals surface area contributed by atoms with Gasteiger partial charge in [-0.15, -0.1) is 11.3 Å². The van der Waals surface area contributed by atoms with E-state index >= 15 is 0 Å². The summed E-state index contributed by atoms with van der Waals surface area (Å²) < 4.78 is 28.1. The van der Waals surface area contributed by atoms with Gasteiger partial charge in [0.1, 0.15) is 11.0 Å². The standard InChI is InChI=1S/C30H35N5O5S2/c1-30(2,31)40-29(37)34-25(18-20-9-5-3-6-10-20)27(36)32-24(17-21-13-15-23(16-14-21)35-42(38)39)26-19-41-28(33-26)22-11-7-4-8-12-22/h3-15,19,23-25,35H,16-18,31H2,1-2H3,(H,32,36)(H,34,37)(H,38,39)/t23?,24-,25-/m0/s1. The number of nitrogens with two attached hydrogens (primary N) is 1. The fourth-order valence-corrected chi connectivity index (χ4v) is 5.71. The molecule has 2 unspecified atom stereocenters. The molecule has 2 amide bonds. The Hall–Kier alpha value is -3.68. The summed E-state index contributed by atoms with van der Waals surface area (Å²) in [5, 5.41) is 8.52. The zero-order valence-corrected chi connectivity index (χ0v) is 25.0. The highest BCUT2D eigenvalue weighted by Gasteiger charge is 2.28. The van der Waals surface area contributed by atoms with Gasteiger partial charge in [0, 0.05) is 23.4 Å². The first kappa shape index (κ1) is 31.3. The Morgan fingerprint density at radius 3 is 2.43 bits per heavy atom. The van der Waals surface area contributed by atoms with Crippen molar-refractivity contribution in [3.05, 3.63) is 101 Å². The molecule has 12 heteroatoms. The fraction of sp³-hybridized carbons (Fsp3) is 0.300. The number of carbonyl (C=O) groups excluding carboxylic acids is 2. The first-order valence-electron chi connectivity index (χ1n) is 13.4. The van der Waals surface area contributed by atoms with E-state index in [0.29, 0.717) is 18.5 Å². The molecule has 6 N–H and O–H groups in total. The van der Waals surface area contributed by atoms with E-state index in [4.69, 9.17) is 20.0 Å². The van der Waals surface area contributed by atoms with Gasteiger partial charge in [-0.05, 0) is 37.8 Å². The van der Waals surface area contributed by atoms with Crippen LogP contribution in [0.25, 0.3) is 10.6 Å². The molecule has 4 atom stereocenters. The molecule has 0 saturated carbocycles. The van der Waals surface area contributed by atoms with Gasteiger partial charge in [-0.2, -0.15) is 0 Å². The number of nitrogens with zero attached hydrogens (tertiary/aromatic N) is 1. The van der Waals surface area contributed by atoms with Gasteiger partial charge in [-0.3, -0.25) is 15.1 Å². The molecule has 4 rings (SSSR count). The summed E-state index contributed by atoms with van der Waals surface area (Å²) in [6.07, 6.45) is 6.04. The predicted octanol–water partition coefficient (Wildman–Crippen LogP) is 4.37. The number of hydrogen-bond donors (Lipinski definition) is 5. The van der Waals surface area contributed by atoms with Crippen molar-refractivity contribution in [3.8, 4) is 10.6 Å². The number of thiazole rings is 1. The van der Waals surface area contributed by atoms with Gasteiger partial charge in [0.25, 0.3) is 0 Å². The van der Waals surface area contributed by atoms with E-state index in [9.17, 15) is 13.8 Å². The molecule has 3 aromatic rings. The maximum Gasteiger partial charge on any atom is 0.409 e. The van der Waals surface area contributed by atoms with E-state index in [-0.39, 0.29) is 12.5 Å². The second kappa shape index (κ2) is 14.5. The highest BCUT2D eigenvalue weighted by atomic mass is 32.2. The van der Waals surface area contributed by atoms with Crippen LogP contribution in [0.1, 0.15) is 44.0 Å². The maximum atomic E-state index is 13.8. The maximum absolute atomic E-state index is 13.8. The summed E-state index contributed by atoms with van der Waals surface area (Å²) >= 11 is -0.641. The Morgan fingerprint density at radius 1 is 1.12 bits per heavy atom. The van der Waals surface area contributed by atoms with E-state index in [1.807, 2.05) is 84.3 Å². The van der Waals surface area contributed by atoms with Crippen molar-refractivity contribution in [1.29, 1.82) is 0 Å². The highest BCUT2D eigenvalue weighted by molar-refractivity contribution is 7.77. The van der Waals surface area contributed by atoms with Gasteiger partial charge in [0.05, 0.1) is 11.7 Å². The molecular formula is C30H35N5O5S2. The number of aromatic nitrogens is 1. The average molecular weight is 610 g/mol. The summed E-state index contributed by atoms with van der Waals surface area (Å²) in [6, 6.07) is 17.4. The summed E-state index contributed by atoms with van der Waals surface area (Å²) in [6.45, 7) is 3.09. The molecular weight excluding hydrogens is 574 g/mol. The highest BCUT2D eigenvalue weighted by Crippen LogP contribution is 2.30. The van der Waals surface area contributed by atoms with Crippen molar-refractivity contribution in [2.24, 2.45) is 5.73 Å². The largest absolute Gasteiger partial charge is 0.429 e. The van der Waals surface area contributed by atoms with Gasteiger partial charge in [0.2, 0.25) is 17.2 Å². The molecule has 1 heterocycles. The lowest BCUT2D eigenvalue weighted by atomic mass is 9.96. The first-order chi connectivity index (χ1) is 20.1. The number of alkyl carbamates (subject to hydrolysis) is 1. The number of hydrogen-bond acceptors (Lipinski definition) is 7. The minimum atomic E-state index is -2.12. The summed E-state index contributed by atoms with van der Waals surface area (Å²) in [5.41, 5.74) is 8.08. The lowest BCUT2D eigenvalue weighted by molar-refractivity contribution is -0.124. The number of amides is 2. The van der Waals surface area contributed by atoms with Crippen molar-refractivity contribution in [3.63, 3.8) is 0 Å². The number of nitrogens with one attached hydrogen (secondary N) is 3. The topological polar surface area (TPSA) is 156 Å². The van der Waals surface area contributed by atoms with Gasteiger partial charge in [0.15, 0.2) is 5.72 Å². The van der Waals surface area contributed by atoms with E-state index < -0.39 is 41.1 Å². The molecule has 0 aliphatic heterocycles. The second-order valence-electron chi connectivity index (χ2n) is 10.4. The number of rotatable bonds is 12. The molecule has 0 spiro atoms. The zero-order chi connectivity index (χ0) is 30.1. The molecule has 10 nitrogen and oxygen atoms in total. The van der Waals surface area contributed by atoms with Crippen molar-refractivity contribution in [2.75, 3.05) is 0 Å². The van der Waals surface area contributed by atoms with Crippen LogP contribution in [0.2, 0.25) is 0 Å². The minimum absolute atomic E-state index is 0.236. The number of benzene rings is 2.